The molecule has 1 N–H and O–H groups in total. The number of nitrogens with one attached hydrogen (secondary N) is 1. The van der Waals surface area contributed by atoms with E-state index in [-0.39, 0.29) is 12.0 Å². The Bertz CT molecular complexity index is 539. The summed E-state index contributed by atoms with van der Waals surface area (Å²) in [6.45, 7) is 7.65. The van der Waals surface area contributed by atoms with Crippen molar-refractivity contribution < 1.29 is 14.3 Å². The van der Waals surface area contributed by atoms with Gasteiger partial charge in [-0.1, -0.05) is 13.3 Å². The molecule has 0 saturated carbocycles. The van der Waals surface area contributed by atoms with Crippen molar-refractivity contribution >= 4 is 17.7 Å². The van der Waals surface area contributed by atoms with Gasteiger partial charge in [0.1, 0.15) is 5.69 Å². The van der Waals surface area contributed by atoms with Crippen LogP contribution in [-0.4, -0.2) is 61.2 Å². The lowest BCUT2D eigenvalue weighted by molar-refractivity contribution is 0.0947. The summed E-state index contributed by atoms with van der Waals surface area (Å²) in [6, 6.07) is 3.65. The number of ether oxygens (including phenoxy) is 1. The molecule has 0 atom stereocenters. The van der Waals surface area contributed by atoms with Crippen LogP contribution in [0.4, 0.5) is 10.5 Å². The van der Waals surface area contributed by atoms with E-state index in [9.17, 15) is 9.59 Å². The molecule has 0 aromatic carbocycles. The number of rotatable bonds is 6. The van der Waals surface area contributed by atoms with Gasteiger partial charge in [0.25, 0.3) is 5.91 Å². The van der Waals surface area contributed by atoms with Crippen molar-refractivity contribution in [3.05, 3.63) is 24.0 Å². The smallest absolute Gasteiger partial charge is 0.409 e. The molecule has 0 spiro atoms. The van der Waals surface area contributed by atoms with Gasteiger partial charge in [-0.3, -0.25) is 4.79 Å². The molecule has 2 amide bonds. The molecule has 0 unspecified atom stereocenters. The Labute approximate surface area is 143 Å². The second kappa shape index (κ2) is 9.10. The van der Waals surface area contributed by atoms with E-state index in [1.165, 1.54) is 0 Å². The van der Waals surface area contributed by atoms with Gasteiger partial charge in [0.05, 0.1) is 18.5 Å². The molecular formula is C17H26N4O3. The first-order valence-electron chi connectivity index (χ1n) is 8.56. The summed E-state index contributed by atoms with van der Waals surface area (Å²) < 4.78 is 5.02. The van der Waals surface area contributed by atoms with Crippen LogP contribution < -0.4 is 10.2 Å². The SMILES string of the molecule is CCCCNC(=O)c1ccc(N2CCN(C(=O)OCC)CC2)cn1. The number of anilines is 1. The predicted octanol–water partition coefficient (Wildman–Crippen LogP) is 1.89. The molecule has 1 aliphatic heterocycles. The zero-order valence-corrected chi connectivity index (χ0v) is 14.5. The van der Waals surface area contributed by atoms with Crippen molar-refractivity contribution in [3.8, 4) is 0 Å². The Morgan fingerprint density at radius 3 is 2.54 bits per heavy atom. The number of unbranched alkanes of at least 4 members (excludes halogenated alkanes) is 1. The van der Waals surface area contributed by atoms with E-state index in [1.54, 1.807) is 24.1 Å². The maximum Gasteiger partial charge on any atom is 0.409 e. The molecule has 1 aromatic heterocycles. The second-order valence-corrected chi connectivity index (χ2v) is 5.68. The van der Waals surface area contributed by atoms with Crippen LogP contribution in [0.2, 0.25) is 0 Å². The van der Waals surface area contributed by atoms with E-state index in [2.05, 4.69) is 22.1 Å². The van der Waals surface area contributed by atoms with Crippen LogP contribution >= 0.6 is 0 Å². The fourth-order valence-corrected chi connectivity index (χ4v) is 2.54. The van der Waals surface area contributed by atoms with Crippen molar-refractivity contribution in [1.82, 2.24) is 15.2 Å². The first-order valence-corrected chi connectivity index (χ1v) is 8.56. The lowest BCUT2D eigenvalue weighted by atomic mass is 10.2. The zero-order valence-electron chi connectivity index (χ0n) is 14.5. The molecular weight excluding hydrogens is 308 g/mol. The Kier molecular flexibility index (Phi) is 6.84. The largest absolute Gasteiger partial charge is 0.450 e. The average Bonchev–Trinajstić information content (AvgIpc) is 2.62. The third kappa shape index (κ3) is 4.84. The van der Waals surface area contributed by atoms with Gasteiger partial charge >= 0.3 is 6.09 Å². The summed E-state index contributed by atoms with van der Waals surface area (Å²) in [5, 5.41) is 2.86. The van der Waals surface area contributed by atoms with Gasteiger partial charge in [0.2, 0.25) is 0 Å². The molecule has 1 aliphatic rings. The molecule has 2 heterocycles. The molecule has 1 aromatic rings. The highest BCUT2D eigenvalue weighted by Gasteiger charge is 2.22. The topological polar surface area (TPSA) is 74.8 Å². The number of hydrogen-bond donors (Lipinski definition) is 1. The summed E-state index contributed by atoms with van der Waals surface area (Å²) in [4.78, 5) is 31.8. The van der Waals surface area contributed by atoms with E-state index < -0.39 is 0 Å². The minimum absolute atomic E-state index is 0.137. The maximum atomic E-state index is 11.9. The first-order chi connectivity index (χ1) is 11.7. The third-order valence-corrected chi connectivity index (χ3v) is 3.97. The third-order valence-electron chi connectivity index (χ3n) is 3.97. The summed E-state index contributed by atoms with van der Waals surface area (Å²) in [6.07, 6.45) is 3.47. The fourth-order valence-electron chi connectivity index (χ4n) is 2.54. The zero-order chi connectivity index (χ0) is 17.4. The minimum atomic E-state index is -0.255. The highest BCUT2D eigenvalue weighted by molar-refractivity contribution is 5.92. The van der Waals surface area contributed by atoms with Gasteiger partial charge in [-0.25, -0.2) is 9.78 Å². The van der Waals surface area contributed by atoms with Crippen LogP contribution in [0.15, 0.2) is 18.3 Å². The number of aromatic nitrogens is 1. The quantitative estimate of drug-likeness (QED) is 0.804. The van der Waals surface area contributed by atoms with E-state index in [1.807, 2.05) is 6.07 Å². The molecule has 7 heteroatoms. The van der Waals surface area contributed by atoms with E-state index in [0.29, 0.717) is 31.9 Å². The Balaban J connectivity index is 1.86. The lowest BCUT2D eigenvalue weighted by Gasteiger charge is -2.35. The monoisotopic (exact) mass is 334 g/mol. The minimum Gasteiger partial charge on any atom is -0.450 e. The highest BCUT2D eigenvalue weighted by Crippen LogP contribution is 2.16. The number of pyridine rings is 1. The average molecular weight is 334 g/mol. The molecule has 24 heavy (non-hydrogen) atoms. The molecule has 7 nitrogen and oxygen atoms in total. The normalized spacial score (nSPS) is 14.4. The number of carbonyl (C=O) groups excluding carboxylic acids is 2. The molecule has 1 saturated heterocycles. The summed E-state index contributed by atoms with van der Waals surface area (Å²) in [5.41, 5.74) is 1.39. The number of nitrogens with zero attached hydrogens (tertiary/aromatic N) is 3. The van der Waals surface area contributed by atoms with Gasteiger partial charge in [0.15, 0.2) is 0 Å². The number of piperazine rings is 1. The highest BCUT2D eigenvalue weighted by atomic mass is 16.6. The van der Waals surface area contributed by atoms with E-state index >= 15 is 0 Å². The standard InChI is InChI=1S/C17H26N4O3/c1-3-5-8-18-16(22)15-7-6-14(13-19-15)20-9-11-21(12-10-20)17(23)24-4-2/h6-7,13H,3-5,8-12H2,1-2H3,(H,18,22). The van der Waals surface area contributed by atoms with E-state index in [0.717, 1.165) is 31.6 Å². The maximum absolute atomic E-state index is 11.9. The molecule has 1 fully saturated rings. The number of carbonyl (C=O) groups is 2. The molecule has 0 bridgehead atoms. The molecule has 2 rings (SSSR count). The summed E-state index contributed by atoms with van der Waals surface area (Å²) in [5.74, 6) is -0.137. The van der Waals surface area contributed by atoms with Gasteiger partial charge in [-0.05, 0) is 25.5 Å². The van der Waals surface area contributed by atoms with Crippen LogP contribution in [0, 0.1) is 0 Å². The van der Waals surface area contributed by atoms with Crippen molar-refractivity contribution in [2.24, 2.45) is 0 Å². The number of amides is 2. The van der Waals surface area contributed by atoms with Gasteiger partial charge in [0, 0.05) is 32.7 Å². The van der Waals surface area contributed by atoms with Crippen LogP contribution in [0.5, 0.6) is 0 Å². The predicted molar refractivity (Wildman–Crippen MR) is 92.3 cm³/mol. The second-order valence-electron chi connectivity index (χ2n) is 5.68. The van der Waals surface area contributed by atoms with Crippen LogP contribution in [-0.2, 0) is 4.74 Å². The van der Waals surface area contributed by atoms with Gasteiger partial charge in [-0.15, -0.1) is 0 Å². The van der Waals surface area contributed by atoms with Crippen molar-refractivity contribution in [2.45, 2.75) is 26.7 Å². The first kappa shape index (κ1) is 18.0. The molecule has 0 aliphatic carbocycles. The number of hydrogen-bond acceptors (Lipinski definition) is 5. The Morgan fingerprint density at radius 2 is 1.96 bits per heavy atom. The van der Waals surface area contributed by atoms with Crippen LogP contribution in [0.3, 0.4) is 0 Å². The Hall–Kier alpha value is -2.31. The summed E-state index contributed by atoms with van der Waals surface area (Å²) >= 11 is 0. The lowest BCUT2D eigenvalue weighted by Crippen LogP contribution is -2.49. The van der Waals surface area contributed by atoms with Crippen LogP contribution in [0.1, 0.15) is 37.2 Å². The summed E-state index contributed by atoms with van der Waals surface area (Å²) in [7, 11) is 0. The fraction of sp³-hybridized carbons (Fsp3) is 0.588. The molecule has 132 valence electrons. The van der Waals surface area contributed by atoms with E-state index in [4.69, 9.17) is 4.74 Å². The van der Waals surface area contributed by atoms with Gasteiger partial charge < -0.3 is 19.9 Å². The van der Waals surface area contributed by atoms with Crippen molar-refractivity contribution in [2.75, 3.05) is 44.2 Å². The Morgan fingerprint density at radius 1 is 1.21 bits per heavy atom. The van der Waals surface area contributed by atoms with Crippen molar-refractivity contribution in [1.29, 1.82) is 0 Å². The van der Waals surface area contributed by atoms with Crippen LogP contribution in [0.25, 0.3) is 0 Å². The molecule has 0 radical (unpaired) electrons. The van der Waals surface area contributed by atoms with Crippen molar-refractivity contribution in [3.63, 3.8) is 0 Å². The van der Waals surface area contributed by atoms with Gasteiger partial charge in [-0.2, -0.15) is 0 Å².